The number of esters is 1. The molecule has 1 aromatic carbocycles. The third-order valence-electron chi connectivity index (χ3n) is 3.36. The molecular formula is C17H15ClN6O3. The smallest absolute Gasteiger partial charge is 0.341 e. The molecule has 0 atom stereocenters. The number of carbonyl (C=O) groups is 1. The Bertz CT molecular complexity index is 969. The average molecular weight is 387 g/mol. The number of anilines is 3. The Balaban J connectivity index is 1.74. The van der Waals surface area contributed by atoms with Gasteiger partial charge in [0.15, 0.2) is 12.4 Å². The number of nitrogens with two attached hydrogens (primary N) is 1. The minimum absolute atomic E-state index is 0.0205. The molecule has 0 saturated carbocycles. The van der Waals surface area contributed by atoms with E-state index in [1.165, 1.54) is 12.3 Å². The zero-order chi connectivity index (χ0) is 19.2. The molecule has 0 unspecified atom stereocenters. The first-order chi connectivity index (χ1) is 13.1. The van der Waals surface area contributed by atoms with E-state index in [2.05, 4.69) is 25.3 Å². The Labute approximate surface area is 159 Å². The second-order valence-electron chi connectivity index (χ2n) is 5.18. The van der Waals surface area contributed by atoms with E-state index in [0.29, 0.717) is 11.4 Å². The van der Waals surface area contributed by atoms with Gasteiger partial charge in [-0.1, -0.05) is 23.7 Å². The maximum Gasteiger partial charge on any atom is 0.341 e. The quantitative estimate of drug-likeness (QED) is 0.485. The van der Waals surface area contributed by atoms with E-state index in [9.17, 15) is 4.79 Å². The molecule has 0 aliphatic heterocycles. The highest BCUT2D eigenvalue weighted by Gasteiger charge is 2.14. The van der Waals surface area contributed by atoms with Crippen molar-refractivity contribution >= 4 is 35.2 Å². The minimum atomic E-state index is -0.647. The first-order valence-corrected chi connectivity index (χ1v) is 8.12. The van der Waals surface area contributed by atoms with Crippen molar-refractivity contribution in [2.24, 2.45) is 0 Å². The number of pyridine rings is 1. The highest BCUT2D eigenvalue weighted by atomic mass is 35.5. The summed E-state index contributed by atoms with van der Waals surface area (Å²) < 4.78 is 10.4. The molecule has 3 N–H and O–H groups in total. The summed E-state index contributed by atoms with van der Waals surface area (Å²) in [5.41, 5.74) is 6.52. The molecule has 0 saturated heterocycles. The van der Waals surface area contributed by atoms with Crippen LogP contribution < -0.4 is 15.8 Å². The fraction of sp³-hybridized carbons (Fsp3) is 0.118. The van der Waals surface area contributed by atoms with Crippen molar-refractivity contribution in [1.82, 2.24) is 19.9 Å². The molecular weight excluding hydrogens is 372 g/mol. The molecule has 2 heterocycles. The van der Waals surface area contributed by atoms with Crippen LogP contribution in [-0.2, 0) is 11.3 Å². The molecule has 27 heavy (non-hydrogen) atoms. The van der Waals surface area contributed by atoms with Crippen LogP contribution in [0.4, 0.5) is 17.6 Å². The number of benzene rings is 1. The molecule has 0 radical (unpaired) electrons. The molecule has 3 rings (SSSR count). The lowest BCUT2D eigenvalue weighted by Gasteiger charge is -2.11. The van der Waals surface area contributed by atoms with Gasteiger partial charge in [-0.15, -0.1) is 0 Å². The van der Waals surface area contributed by atoms with Crippen LogP contribution in [0.15, 0.2) is 42.6 Å². The maximum absolute atomic E-state index is 12.1. The lowest BCUT2D eigenvalue weighted by molar-refractivity contribution is 0.0462. The van der Waals surface area contributed by atoms with E-state index in [1.54, 1.807) is 25.3 Å². The number of para-hydroxylation sites is 2. The fourth-order valence-corrected chi connectivity index (χ4v) is 2.37. The summed E-state index contributed by atoms with van der Waals surface area (Å²) in [7, 11) is 1.55. The molecule has 0 bridgehead atoms. The molecule has 138 valence electrons. The average Bonchev–Trinajstić information content (AvgIpc) is 2.66. The summed E-state index contributed by atoms with van der Waals surface area (Å²) in [4.78, 5) is 28.1. The number of ether oxygens (including phenoxy) is 2. The molecule has 0 aliphatic rings. The molecule has 0 spiro atoms. The van der Waals surface area contributed by atoms with E-state index in [0.717, 1.165) is 0 Å². The first-order valence-electron chi connectivity index (χ1n) is 7.75. The molecule has 10 heteroatoms. The molecule has 3 aromatic rings. The van der Waals surface area contributed by atoms with Gasteiger partial charge in [0.25, 0.3) is 0 Å². The third-order valence-corrected chi connectivity index (χ3v) is 3.67. The lowest BCUT2D eigenvalue weighted by atomic mass is 10.3. The molecule has 0 aliphatic carbocycles. The summed E-state index contributed by atoms with van der Waals surface area (Å²) in [5.74, 6) is 0.306. The van der Waals surface area contributed by atoms with Crippen molar-refractivity contribution in [1.29, 1.82) is 0 Å². The summed E-state index contributed by atoms with van der Waals surface area (Å²) in [6.07, 6.45) is 1.47. The number of hydrogen-bond acceptors (Lipinski definition) is 9. The number of nitrogens with one attached hydrogen (secondary N) is 1. The van der Waals surface area contributed by atoms with Crippen LogP contribution >= 0.6 is 11.6 Å². The Morgan fingerprint density at radius 1 is 1.19 bits per heavy atom. The van der Waals surface area contributed by atoms with Crippen molar-refractivity contribution in [3.05, 3.63) is 59.1 Å². The Morgan fingerprint density at radius 2 is 2.00 bits per heavy atom. The molecule has 2 aromatic heterocycles. The number of rotatable bonds is 6. The van der Waals surface area contributed by atoms with E-state index in [4.69, 9.17) is 26.8 Å². The van der Waals surface area contributed by atoms with Crippen LogP contribution in [0.2, 0.25) is 5.15 Å². The third kappa shape index (κ3) is 4.59. The van der Waals surface area contributed by atoms with Crippen molar-refractivity contribution in [2.75, 3.05) is 18.2 Å². The van der Waals surface area contributed by atoms with Gasteiger partial charge in [-0.3, -0.25) is 0 Å². The Morgan fingerprint density at radius 3 is 2.78 bits per heavy atom. The van der Waals surface area contributed by atoms with Crippen LogP contribution in [-0.4, -0.2) is 33.0 Å². The van der Waals surface area contributed by atoms with Gasteiger partial charge in [0.2, 0.25) is 11.9 Å². The molecule has 0 fully saturated rings. The predicted molar refractivity (Wildman–Crippen MR) is 98.9 cm³/mol. The largest absolute Gasteiger partial charge is 0.495 e. The van der Waals surface area contributed by atoms with E-state index in [-0.39, 0.29) is 35.0 Å². The van der Waals surface area contributed by atoms with Gasteiger partial charge in [-0.05, 0) is 24.3 Å². The van der Waals surface area contributed by atoms with Gasteiger partial charge in [-0.2, -0.15) is 15.0 Å². The minimum Gasteiger partial charge on any atom is -0.495 e. The number of aromatic nitrogens is 4. The van der Waals surface area contributed by atoms with Crippen molar-refractivity contribution in [2.45, 2.75) is 6.61 Å². The SMILES string of the molecule is COc1ccccc1Nc1nc(N)nc(COC(=O)c2cccnc2Cl)n1. The standard InChI is InChI=1S/C17H15ClN6O3/c1-26-12-7-3-2-6-11(12)21-17-23-13(22-16(19)24-17)9-27-15(25)10-5-4-8-20-14(10)18/h2-8H,9H2,1H3,(H3,19,21,22,23,24). The summed E-state index contributed by atoms with van der Waals surface area (Å²) in [5, 5.41) is 3.05. The number of halogens is 1. The second-order valence-corrected chi connectivity index (χ2v) is 5.53. The van der Waals surface area contributed by atoms with Crippen LogP contribution in [0.25, 0.3) is 0 Å². The number of methoxy groups -OCH3 is 1. The number of nitrogen functional groups attached to an aromatic ring is 1. The van der Waals surface area contributed by atoms with E-state index >= 15 is 0 Å². The topological polar surface area (TPSA) is 125 Å². The highest BCUT2D eigenvalue weighted by Crippen LogP contribution is 2.25. The monoisotopic (exact) mass is 386 g/mol. The first kappa shape index (κ1) is 18.3. The van der Waals surface area contributed by atoms with E-state index < -0.39 is 5.97 Å². The Hall–Kier alpha value is -3.46. The summed E-state index contributed by atoms with van der Waals surface area (Å²) in [6.45, 7) is -0.211. The fourth-order valence-electron chi connectivity index (χ4n) is 2.17. The highest BCUT2D eigenvalue weighted by molar-refractivity contribution is 6.32. The van der Waals surface area contributed by atoms with Gasteiger partial charge < -0.3 is 20.5 Å². The van der Waals surface area contributed by atoms with E-state index in [1.807, 2.05) is 12.1 Å². The van der Waals surface area contributed by atoms with Crippen LogP contribution in [0.5, 0.6) is 5.75 Å². The van der Waals surface area contributed by atoms with Crippen LogP contribution in [0, 0.1) is 0 Å². The molecule has 9 nitrogen and oxygen atoms in total. The second kappa shape index (κ2) is 8.28. The zero-order valence-electron chi connectivity index (χ0n) is 14.2. The van der Waals surface area contributed by atoms with Crippen molar-refractivity contribution in [3.8, 4) is 5.75 Å². The van der Waals surface area contributed by atoms with Crippen molar-refractivity contribution < 1.29 is 14.3 Å². The number of carbonyl (C=O) groups excluding carboxylic acids is 1. The summed E-state index contributed by atoms with van der Waals surface area (Å²) in [6, 6.07) is 10.3. The maximum atomic E-state index is 12.1. The summed E-state index contributed by atoms with van der Waals surface area (Å²) >= 11 is 5.88. The normalized spacial score (nSPS) is 10.3. The lowest BCUT2D eigenvalue weighted by Crippen LogP contribution is -2.12. The Kier molecular flexibility index (Phi) is 5.62. The molecule has 0 amide bonds. The van der Waals surface area contributed by atoms with Gasteiger partial charge >= 0.3 is 5.97 Å². The van der Waals surface area contributed by atoms with Gasteiger partial charge in [0.05, 0.1) is 18.4 Å². The number of nitrogens with zero attached hydrogens (tertiary/aromatic N) is 4. The van der Waals surface area contributed by atoms with Gasteiger partial charge in [0.1, 0.15) is 10.9 Å². The van der Waals surface area contributed by atoms with Gasteiger partial charge in [-0.25, -0.2) is 9.78 Å². The number of hydrogen-bond donors (Lipinski definition) is 2. The van der Waals surface area contributed by atoms with Crippen LogP contribution in [0.3, 0.4) is 0 Å². The van der Waals surface area contributed by atoms with Crippen molar-refractivity contribution in [3.63, 3.8) is 0 Å². The predicted octanol–water partition coefficient (Wildman–Crippen LogP) is 2.61. The zero-order valence-corrected chi connectivity index (χ0v) is 15.0. The van der Waals surface area contributed by atoms with Gasteiger partial charge in [0, 0.05) is 6.20 Å². The van der Waals surface area contributed by atoms with Crippen LogP contribution in [0.1, 0.15) is 16.2 Å².